The number of pyridine rings is 1. The van der Waals surface area contributed by atoms with Crippen molar-refractivity contribution in [3.05, 3.63) is 28.4 Å². The third-order valence-electron chi connectivity index (χ3n) is 4.10. The number of aliphatic hydroxyl groups is 1. The Labute approximate surface area is 104 Å². The highest BCUT2D eigenvalue weighted by atomic mass is 16.6. The molecule has 1 N–H and O–H groups in total. The molecule has 3 rings (SSSR count). The molecule has 0 aromatic carbocycles. The molecule has 0 bridgehead atoms. The van der Waals surface area contributed by atoms with Crippen LogP contribution in [-0.4, -0.2) is 34.2 Å². The first-order valence-corrected chi connectivity index (χ1v) is 6.18. The van der Waals surface area contributed by atoms with Crippen LogP contribution in [0.3, 0.4) is 0 Å². The van der Waals surface area contributed by atoms with E-state index in [0.717, 1.165) is 31.6 Å². The summed E-state index contributed by atoms with van der Waals surface area (Å²) >= 11 is 0. The van der Waals surface area contributed by atoms with Gasteiger partial charge in [0.05, 0.1) is 11.8 Å². The fourth-order valence-corrected chi connectivity index (χ4v) is 3.12. The molecule has 18 heavy (non-hydrogen) atoms. The second-order valence-electron chi connectivity index (χ2n) is 5.11. The van der Waals surface area contributed by atoms with Crippen molar-refractivity contribution in [2.24, 2.45) is 11.8 Å². The van der Waals surface area contributed by atoms with E-state index in [0.29, 0.717) is 11.8 Å². The van der Waals surface area contributed by atoms with E-state index in [-0.39, 0.29) is 11.9 Å². The SMILES string of the molecule is O=[N+]([O-])c1ccc(N2CC3CCC(O)C3C2)cn1. The van der Waals surface area contributed by atoms with Gasteiger partial charge in [0.2, 0.25) is 0 Å². The van der Waals surface area contributed by atoms with Gasteiger partial charge in [-0.2, -0.15) is 0 Å². The van der Waals surface area contributed by atoms with E-state index in [9.17, 15) is 15.2 Å². The van der Waals surface area contributed by atoms with Crippen LogP contribution in [-0.2, 0) is 0 Å². The van der Waals surface area contributed by atoms with Crippen LogP contribution >= 0.6 is 0 Å². The average Bonchev–Trinajstić information content (AvgIpc) is 2.92. The first-order chi connectivity index (χ1) is 8.65. The molecule has 0 radical (unpaired) electrons. The summed E-state index contributed by atoms with van der Waals surface area (Å²) in [6, 6.07) is 3.17. The predicted molar refractivity (Wildman–Crippen MR) is 65.3 cm³/mol. The van der Waals surface area contributed by atoms with Gasteiger partial charge < -0.3 is 20.1 Å². The zero-order valence-corrected chi connectivity index (χ0v) is 9.90. The number of nitro groups is 1. The molecule has 1 saturated carbocycles. The van der Waals surface area contributed by atoms with Gasteiger partial charge in [-0.05, 0) is 34.7 Å². The molecule has 1 aliphatic heterocycles. The van der Waals surface area contributed by atoms with Crippen molar-refractivity contribution < 1.29 is 10.0 Å². The van der Waals surface area contributed by atoms with Gasteiger partial charge in [-0.3, -0.25) is 0 Å². The van der Waals surface area contributed by atoms with Crippen molar-refractivity contribution in [2.75, 3.05) is 18.0 Å². The Kier molecular flexibility index (Phi) is 2.66. The maximum Gasteiger partial charge on any atom is 0.363 e. The maximum absolute atomic E-state index is 10.5. The summed E-state index contributed by atoms with van der Waals surface area (Å²) in [6.07, 6.45) is 3.33. The molecule has 1 saturated heterocycles. The molecular formula is C12H15N3O3. The van der Waals surface area contributed by atoms with E-state index in [4.69, 9.17) is 0 Å². The van der Waals surface area contributed by atoms with Crippen LogP contribution < -0.4 is 4.90 Å². The minimum absolute atomic E-state index is 0.127. The normalized spacial score (nSPS) is 30.5. The molecule has 3 atom stereocenters. The van der Waals surface area contributed by atoms with Gasteiger partial charge in [-0.15, -0.1) is 0 Å². The summed E-state index contributed by atoms with van der Waals surface area (Å²) in [5.41, 5.74) is 0.905. The van der Waals surface area contributed by atoms with Crippen LogP contribution in [0.4, 0.5) is 11.5 Å². The molecule has 2 fully saturated rings. The highest BCUT2D eigenvalue weighted by molar-refractivity contribution is 5.48. The molecule has 0 spiro atoms. The lowest BCUT2D eigenvalue weighted by Crippen LogP contribution is -2.24. The number of hydrogen-bond acceptors (Lipinski definition) is 5. The Balaban J connectivity index is 1.75. The number of aromatic nitrogens is 1. The lowest BCUT2D eigenvalue weighted by atomic mass is 10.00. The van der Waals surface area contributed by atoms with Gasteiger partial charge in [0.25, 0.3) is 0 Å². The van der Waals surface area contributed by atoms with E-state index in [1.807, 2.05) is 0 Å². The number of aliphatic hydroxyl groups excluding tert-OH is 1. The summed E-state index contributed by atoms with van der Waals surface area (Å²) in [7, 11) is 0. The molecule has 2 heterocycles. The lowest BCUT2D eigenvalue weighted by Gasteiger charge is -2.18. The molecule has 6 heteroatoms. The van der Waals surface area contributed by atoms with Crippen LogP contribution in [0.15, 0.2) is 18.3 Å². The minimum atomic E-state index is -0.494. The van der Waals surface area contributed by atoms with E-state index in [1.165, 1.54) is 6.07 Å². The third kappa shape index (κ3) is 1.82. The Hall–Kier alpha value is -1.69. The van der Waals surface area contributed by atoms with Crippen molar-refractivity contribution in [2.45, 2.75) is 18.9 Å². The molecule has 2 aliphatic rings. The summed E-state index contributed by atoms with van der Waals surface area (Å²) in [5, 5.41) is 20.4. The van der Waals surface area contributed by atoms with E-state index in [2.05, 4.69) is 9.88 Å². The molecule has 1 aliphatic carbocycles. The average molecular weight is 249 g/mol. The number of anilines is 1. The van der Waals surface area contributed by atoms with Gasteiger partial charge in [-0.1, -0.05) is 0 Å². The molecule has 1 aromatic heterocycles. The maximum atomic E-state index is 10.5. The zero-order chi connectivity index (χ0) is 12.7. The second kappa shape index (κ2) is 4.20. The van der Waals surface area contributed by atoms with Crippen LogP contribution in [0.2, 0.25) is 0 Å². The van der Waals surface area contributed by atoms with Crippen molar-refractivity contribution in [3.8, 4) is 0 Å². The summed E-state index contributed by atoms with van der Waals surface area (Å²) in [6.45, 7) is 1.74. The summed E-state index contributed by atoms with van der Waals surface area (Å²) in [4.78, 5) is 16.0. The minimum Gasteiger partial charge on any atom is -0.393 e. The Morgan fingerprint density at radius 1 is 1.39 bits per heavy atom. The molecule has 3 unspecified atom stereocenters. The molecule has 6 nitrogen and oxygen atoms in total. The summed E-state index contributed by atoms with van der Waals surface area (Å²) < 4.78 is 0. The highest BCUT2D eigenvalue weighted by Crippen LogP contribution is 2.39. The van der Waals surface area contributed by atoms with Gasteiger partial charge in [0, 0.05) is 25.1 Å². The fourth-order valence-electron chi connectivity index (χ4n) is 3.12. The summed E-state index contributed by atoms with van der Waals surface area (Å²) in [5.74, 6) is 0.772. The zero-order valence-electron chi connectivity index (χ0n) is 9.90. The number of hydrogen-bond donors (Lipinski definition) is 1. The first kappa shape index (κ1) is 11.4. The number of fused-ring (bicyclic) bond motifs is 1. The largest absolute Gasteiger partial charge is 0.393 e. The van der Waals surface area contributed by atoms with Gasteiger partial charge >= 0.3 is 5.82 Å². The Bertz CT molecular complexity index is 462. The first-order valence-electron chi connectivity index (χ1n) is 6.18. The van der Waals surface area contributed by atoms with Gasteiger partial charge in [0.1, 0.15) is 0 Å². The quantitative estimate of drug-likeness (QED) is 0.629. The van der Waals surface area contributed by atoms with Crippen molar-refractivity contribution in [3.63, 3.8) is 0 Å². The van der Waals surface area contributed by atoms with Crippen molar-refractivity contribution in [1.29, 1.82) is 0 Å². The van der Waals surface area contributed by atoms with Gasteiger partial charge in [-0.25, -0.2) is 0 Å². The highest BCUT2D eigenvalue weighted by Gasteiger charge is 2.42. The Morgan fingerprint density at radius 2 is 2.22 bits per heavy atom. The fraction of sp³-hybridized carbons (Fsp3) is 0.583. The van der Waals surface area contributed by atoms with Gasteiger partial charge in [0.15, 0.2) is 6.20 Å². The van der Waals surface area contributed by atoms with Crippen LogP contribution in [0.5, 0.6) is 0 Å². The molecule has 1 aromatic rings. The van der Waals surface area contributed by atoms with Crippen LogP contribution in [0, 0.1) is 22.0 Å². The third-order valence-corrected chi connectivity index (χ3v) is 4.10. The topological polar surface area (TPSA) is 79.5 Å². The predicted octanol–water partition coefficient (Wildman–Crippen LogP) is 1.20. The second-order valence-corrected chi connectivity index (χ2v) is 5.11. The van der Waals surface area contributed by atoms with Crippen LogP contribution in [0.1, 0.15) is 12.8 Å². The standard InChI is InChI=1S/C12H15N3O3/c16-11-3-1-8-6-14(7-10(8)11)9-2-4-12(13-5-9)15(17)18/h2,4-5,8,10-11,16H,1,3,6-7H2. The number of nitrogens with zero attached hydrogens (tertiary/aromatic N) is 3. The van der Waals surface area contributed by atoms with E-state index >= 15 is 0 Å². The van der Waals surface area contributed by atoms with E-state index < -0.39 is 4.92 Å². The molecule has 0 amide bonds. The van der Waals surface area contributed by atoms with Crippen molar-refractivity contribution in [1.82, 2.24) is 4.98 Å². The lowest BCUT2D eigenvalue weighted by molar-refractivity contribution is -0.389. The Morgan fingerprint density at radius 3 is 2.83 bits per heavy atom. The van der Waals surface area contributed by atoms with Crippen LogP contribution in [0.25, 0.3) is 0 Å². The molecule has 96 valence electrons. The number of rotatable bonds is 2. The monoisotopic (exact) mass is 249 g/mol. The van der Waals surface area contributed by atoms with E-state index in [1.54, 1.807) is 12.3 Å². The van der Waals surface area contributed by atoms with Crippen molar-refractivity contribution >= 4 is 11.5 Å². The smallest absolute Gasteiger partial charge is 0.363 e. The molecular weight excluding hydrogens is 234 g/mol.